The Labute approximate surface area is 137 Å². The Morgan fingerprint density at radius 3 is 2.78 bits per heavy atom. The van der Waals surface area contributed by atoms with E-state index in [-0.39, 0.29) is 5.75 Å². The average Bonchev–Trinajstić information content (AvgIpc) is 3.06. The first-order valence-electron chi connectivity index (χ1n) is 6.90. The highest BCUT2D eigenvalue weighted by atomic mass is 32.1. The SMILES string of the molecule is COc1cccc(C=NNc2nc(-c3ccccc3)cs2)c1F. The van der Waals surface area contributed by atoms with E-state index >= 15 is 0 Å². The van der Waals surface area contributed by atoms with Crippen LogP contribution in [0.4, 0.5) is 9.52 Å². The highest BCUT2D eigenvalue weighted by Gasteiger charge is 2.06. The number of halogens is 1. The molecule has 0 aliphatic rings. The van der Waals surface area contributed by atoms with Crippen molar-refractivity contribution in [3.8, 4) is 17.0 Å². The quantitative estimate of drug-likeness (QED) is 0.558. The van der Waals surface area contributed by atoms with E-state index in [1.165, 1.54) is 24.7 Å². The van der Waals surface area contributed by atoms with Crippen LogP contribution < -0.4 is 10.2 Å². The third-order valence-electron chi connectivity index (χ3n) is 3.15. The molecular weight excluding hydrogens is 313 g/mol. The lowest BCUT2D eigenvalue weighted by Gasteiger charge is -2.03. The van der Waals surface area contributed by atoms with Gasteiger partial charge in [-0.15, -0.1) is 11.3 Å². The summed E-state index contributed by atoms with van der Waals surface area (Å²) in [6.07, 6.45) is 1.40. The Balaban J connectivity index is 1.71. The van der Waals surface area contributed by atoms with Gasteiger partial charge in [-0.2, -0.15) is 5.10 Å². The molecule has 0 aliphatic heterocycles. The van der Waals surface area contributed by atoms with Crippen LogP contribution in [-0.2, 0) is 0 Å². The number of ether oxygens (including phenoxy) is 1. The molecule has 1 aromatic heterocycles. The summed E-state index contributed by atoms with van der Waals surface area (Å²) in [5.41, 5.74) is 5.08. The highest BCUT2D eigenvalue weighted by molar-refractivity contribution is 7.14. The smallest absolute Gasteiger partial charge is 0.203 e. The summed E-state index contributed by atoms with van der Waals surface area (Å²) in [5.74, 6) is -0.251. The molecule has 0 aliphatic carbocycles. The van der Waals surface area contributed by atoms with Crippen molar-refractivity contribution in [2.75, 3.05) is 12.5 Å². The molecule has 0 saturated carbocycles. The number of nitrogens with one attached hydrogen (secondary N) is 1. The van der Waals surface area contributed by atoms with Crippen LogP contribution >= 0.6 is 11.3 Å². The predicted octanol–water partition coefficient (Wildman–Crippen LogP) is 4.40. The number of hydrazone groups is 1. The van der Waals surface area contributed by atoms with Gasteiger partial charge >= 0.3 is 0 Å². The van der Waals surface area contributed by atoms with E-state index in [0.29, 0.717) is 10.7 Å². The van der Waals surface area contributed by atoms with Crippen LogP contribution in [0.3, 0.4) is 0 Å². The number of rotatable bonds is 5. The van der Waals surface area contributed by atoms with Gasteiger partial charge in [0.15, 0.2) is 11.6 Å². The van der Waals surface area contributed by atoms with Crippen LogP contribution in [0.2, 0.25) is 0 Å². The Kier molecular flexibility index (Phi) is 4.63. The fourth-order valence-corrected chi connectivity index (χ4v) is 2.68. The van der Waals surface area contributed by atoms with Crippen molar-refractivity contribution in [1.82, 2.24) is 4.98 Å². The normalized spacial score (nSPS) is 10.9. The zero-order chi connectivity index (χ0) is 16.1. The molecule has 3 aromatic rings. The van der Waals surface area contributed by atoms with Crippen LogP contribution in [0.25, 0.3) is 11.3 Å². The first-order chi connectivity index (χ1) is 11.3. The third kappa shape index (κ3) is 3.54. The molecule has 0 fully saturated rings. The molecule has 0 atom stereocenters. The standard InChI is InChI=1S/C17H14FN3OS/c1-22-15-9-5-8-13(16(15)18)10-19-21-17-20-14(11-23-17)12-6-3-2-4-7-12/h2-11H,1H3,(H,20,21). The molecule has 23 heavy (non-hydrogen) atoms. The van der Waals surface area contributed by atoms with E-state index < -0.39 is 5.82 Å². The van der Waals surface area contributed by atoms with E-state index in [2.05, 4.69) is 15.5 Å². The Morgan fingerprint density at radius 2 is 2.00 bits per heavy atom. The molecule has 0 bridgehead atoms. The zero-order valence-corrected chi connectivity index (χ0v) is 13.2. The van der Waals surface area contributed by atoms with E-state index in [9.17, 15) is 4.39 Å². The first kappa shape index (κ1) is 15.2. The molecule has 116 valence electrons. The second kappa shape index (κ2) is 7.02. The molecule has 6 heteroatoms. The van der Waals surface area contributed by atoms with E-state index in [1.54, 1.807) is 18.2 Å². The summed E-state index contributed by atoms with van der Waals surface area (Å²) < 4.78 is 18.9. The molecule has 2 aromatic carbocycles. The lowest BCUT2D eigenvalue weighted by Crippen LogP contribution is -1.95. The zero-order valence-electron chi connectivity index (χ0n) is 12.4. The lowest BCUT2D eigenvalue weighted by molar-refractivity contribution is 0.386. The Morgan fingerprint density at radius 1 is 1.17 bits per heavy atom. The van der Waals surface area contributed by atoms with Crippen LogP contribution in [-0.4, -0.2) is 18.3 Å². The van der Waals surface area contributed by atoms with Gasteiger partial charge in [0, 0.05) is 16.5 Å². The van der Waals surface area contributed by atoms with Gasteiger partial charge in [-0.3, -0.25) is 5.43 Å². The average molecular weight is 327 g/mol. The first-order valence-corrected chi connectivity index (χ1v) is 7.78. The number of nitrogens with zero attached hydrogens (tertiary/aromatic N) is 2. The summed E-state index contributed by atoms with van der Waals surface area (Å²) in [7, 11) is 1.43. The molecule has 1 N–H and O–H groups in total. The van der Waals surface area contributed by atoms with Crippen molar-refractivity contribution < 1.29 is 9.13 Å². The Bertz CT molecular complexity index is 818. The van der Waals surface area contributed by atoms with Gasteiger partial charge in [-0.25, -0.2) is 9.37 Å². The molecule has 0 unspecified atom stereocenters. The van der Waals surface area contributed by atoms with Gasteiger partial charge in [-0.05, 0) is 6.07 Å². The fraction of sp³-hybridized carbons (Fsp3) is 0.0588. The topological polar surface area (TPSA) is 46.5 Å². The number of hydrogen-bond acceptors (Lipinski definition) is 5. The summed E-state index contributed by atoms with van der Waals surface area (Å²) in [6, 6.07) is 14.8. The van der Waals surface area contributed by atoms with Gasteiger partial charge < -0.3 is 4.74 Å². The minimum absolute atomic E-state index is 0.189. The number of thiazole rings is 1. The van der Waals surface area contributed by atoms with E-state index in [0.717, 1.165) is 11.3 Å². The monoisotopic (exact) mass is 327 g/mol. The van der Waals surface area contributed by atoms with E-state index in [4.69, 9.17) is 4.74 Å². The van der Waals surface area contributed by atoms with Crippen molar-refractivity contribution in [2.45, 2.75) is 0 Å². The van der Waals surface area contributed by atoms with Gasteiger partial charge in [0.2, 0.25) is 5.13 Å². The summed E-state index contributed by atoms with van der Waals surface area (Å²) in [6.45, 7) is 0. The maximum atomic E-state index is 14.0. The number of anilines is 1. The number of benzene rings is 2. The van der Waals surface area contributed by atoms with Gasteiger partial charge in [0.25, 0.3) is 0 Å². The number of hydrogen-bond donors (Lipinski definition) is 1. The number of methoxy groups -OCH3 is 1. The van der Waals surface area contributed by atoms with Crippen molar-refractivity contribution in [1.29, 1.82) is 0 Å². The highest BCUT2D eigenvalue weighted by Crippen LogP contribution is 2.24. The van der Waals surface area contributed by atoms with Crippen LogP contribution in [0.1, 0.15) is 5.56 Å². The molecule has 0 amide bonds. The van der Waals surface area contributed by atoms with Crippen molar-refractivity contribution >= 4 is 22.7 Å². The van der Waals surface area contributed by atoms with Gasteiger partial charge in [0.05, 0.1) is 19.0 Å². The van der Waals surface area contributed by atoms with Crippen LogP contribution in [0.15, 0.2) is 59.0 Å². The third-order valence-corrected chi connectivity index (χ3v) is 3.90. The number of aromatic nitrogens is 1. The maximum absolute atomic E-state index is 14.0. The molecule has 4 nitrogen and oxygen atoms in total. The fourth-order valence-electron chi connectivity index (χ4n) is 2.01. The summed E-state index contributed by atoms with van der Waals surface area (Å²) in [4.78, 5) is 4.44. The van der Waals surface area contributed by atoms with E-state index in [1.807, 2.05) is 35.7 Å². The molecular formula is C17H14FN3OS. The molecule has 0 saturated heterocycles. The summed E-state index contributed by atoms with van der Waals surface area (Å²) in [5, 5.41) is 6.62. The molecule has 1 heterocycles. The molecule has 0 spiro atoms. The van der Waals surface area contributed by atoms with Crippen LogP contribution in [0, 0.1) is 5.82 Å². The second-order valence-electron chi connectivity index (χ2n) is 4.64. The predicted molar refractivity (Wildman–Crippen MR) is 91.7 cm³/mol. The lowest BCUT2D eigenvalue weighted by atomic mass is 10.2. The van der Waals surface area contributed by atoms with Gasteiger partial charge in [0.1, 0.15) is 0 Å². The Hall–Kier alpha value is -2.73. The minimum atomic E-state index is -0.440. The summed E-state index contributed by atoms with van der Waals surface area (Å²) >= 11 is 1.44. The van der Waals surface area contributed by atoms with Crippen molar-refractivity contribution in [3.63, 3.8) is 0 Å². The molecule has 3 rings (SSSR count). The van der Waals surface area contributed by atoms with Crippen molar-refractivity contribution in [2.24, 2.45) is 5.10 Å². The van der Waals surface area contributed by atoms with Crippen LogP contribution in [0.5, 0.6) is 5.75 Å². The second-order valence-corrected chi connectivity index (χ2v) is 5.50. The minimum Gasteiger partial charge on any atom is -0.494 e. The molecule has 0 radical (unpaired) electrons. The van der Waals surface area contributed by atoms with Gasteiger partial charge in [-0.1, -0.05) is 42.5 Å². The maximum Gasteiger partial charge on any atom is 0.203 e. The van der Waals surface area contributed by atoms with Crippen molar-refractivity contribution in [3.05, 3.63) is 65.3 Å². The largest absolute Gasteiger partial charge is 0.494 e.